The third-order valence-corrected chi connectivity index (χ3v) is 4.06. The van der Waals surface area contributed by atoms with Crippen LogP contribution < -0.4 is 4.74 Å². The second-order valence-corrected chi connectivity index (χ2v) is 6.24. The Morgan fingerprint density at radius 3 is 2.62 bits per heavy atom. The summed E-state index contributed by atoms with van der Waals surface area (Å²) in [5.41, 5.74) is 1.99. The Morgan fingerprint density at radius 2 is 1.88 bits per heavy atom. The van der Waals surface area contributed by atoms with Crippen molar-refractivity contribution in [2.75, 3.05) is 13.7 Å². The lowest BCUT2D eigenvalue weighted by atomic mass is 10.1. The highest BCUT2D eigenvalue weighted by molar-refractivity contribution is 6.32. The van der Waals surface area contributed by atoms with Crippen molar-refractivity contribution in [1.29, 1.82) is 0 Å². The first-order valence-corrected chi connectivity index (χ1v) is 8.41. The lowest BCUT2D eigenvalue weighted by molar-refractivity contribution is -0.132. The smallest absolute Gasteiger partial charge is 0.260 e. The van der Waals surface area contributed by atoms with Crippen molar-refractivity contribution < 1.29 is 13.9 Å². The molecular weight excluding hydrogens is 354 g/mol. The van der Waals surface area contributed by atoms with Crippen molar-refractivity contribution in [3.05, 3.63) is 65.0 Å². The number of carbonyl (C=O) groups excluding carboxylic acids is 1. The Kier molecular flexibility index (Phi) is 5.53. The molecule has 1 aromatic heterocycles. The maximum Gasteiger partial charge on any atom is 0.260 e. The van der Waals surface area contributed by atoms with Gasteiger partial charge in [-0.05, 0) is 31.2 Å². The van der Waals surface area contributed by atoms with Crippen molar-refractivity contribution in [3.63, 3.8) is 0 Å². The molecule has 3 aromatic rings. The average Bonchev–Trinajstić information content (AvgIpc) is 3.09. The van der Waals surface area contributed by atoms with Gasteiger partial charge in [0.1, 0.15) is 5.75 Å². The van der Waals surface area contributed by atoms with Crippen LogP contribution in [0.25, 0.3) is 11.5 Å². The fraction of sp³-hybridized carbons (Fsp3) is 0.211. The van der Waals surface area contributed by atoms with Gasteiger partial charge >= 0.3 is 0 Å². The molecule has 0 radical (unpaired) electrons. The van der Waals surface area contributed by atoms with Crippen molar-refractivity contribution in [2.24, 2.45) is 0 Å². The molecule has 0 spiro atoms. The fourth-order valence-corrected chi connectivity index (χ4v) is 2.42. The molecule has 0 bridgehead atoms. The highest BCUT2D eigenvalue weighted by Gasteiger charge is 2.15. The molecule has 26 heavy (non-hydrogen) atoms. The number of amides is 1. The van der Waals surface area contributed by atoms with E-state index in [1.54, 1.807) is 31.3 Å². The molecule has 0 atom stereocenters. The number of aryl methyl sites for hydroxylation is 1. The van der Waals surface area contributed by atoms with Gasteiger partial charge < -0.3 is 14.1 Å². The number of hydrogen-bond acceptors (Lipinski definition) is 5. The van der Waals surface area contributed by atoms with Crippen LogP contribution in [0.2, 0.25) is 5.02 Å². The van der Waals surface area contributed by atoms with Gasteiger partial charge in [0.05, 0.1) is 11.6 Å². The number of carbonyl (C=O) groups is 1. The molecular formula is C19H18ClN3O3. The SMILES string of the molecule is Cc1ccc(-c2nnc(CN(C)C(=O)COc3ccccc3Cl)o2)cc1. The first-order valence-electron chi connectivity index (χ1n) is 8.03. The molecule has 1 amide bonds. The summed E-state index contributed by atoms with van der Waals surface area (Å²) in [6.45, 7) is 2.08. The Morgan fingerprint density at radius 1 is 1.15 bits per heavy atom. The third kappa shape index (κ3) is 4.40. The van der Waals surface area contributed by atoms with Crippen LogP contribution in [0, 0.1) is 6.92 Å². The molecule has 0 fully saturated rings. The molecule has 3 rings (SSSR count). The number of rotatable bonds is 6. The summed E-state index contributed by atoms with van der Waals surface area (Å²) >= 11 is 6.00. The number of ether oxygens (including phenoxy) is 1. The summed E-state index contributed by atoms with van der Waals surface area (Å²) in [7, 11) is 1.65. The van der Waals surface area contributed by atoms with Gasteiger partial charge in [0.15, 0.2) is 6.61 Å². The standard InChI is InChI=1S/C19H18ClN3O3/c1-13-7-9-14(10-8-13)19-22-21-17(26-19)11-23(2)18(24)12-25-16-6-4-3-5-15(16)20/h3-10H,11-12H2,1-2H3. The lowest BCUT2D eigenvalue weighted by Crippen LogP contribution is -2.31. The maximum absolute atomic E-state index is 12.2. The van der Waals surface area contributed by atoms with E-state index in [4.69, 9.17) is 20.8 Å². The molecule has 0 unspecified atom stereocenters. The zero-order valence-electron chi connectivity index (χ0n) is 14.5. The van der Waals surface area contributed by atoms with Crippen LogP contribution in [-0.2, 0) is 11.3 Å². The monoisotopic (exact) mass is 371 g/mol. The van der Waals surface area contributed by atoms with Crippen molar-refractivity contribution in [3.8, 4) is 17.2 Å². The zero-order valence-corrected chi connectivity index (χ0v) is 15.2. The quantitative estimate of drug-likeness (QED) is 0.660. The minimum atomic E-state index is -0.222. The first kappa shape index (κ1) is 17.9. The first-order chi connectivity index (χ1) is 12.5. The highest BCUT2D eigenvalue weighted by Crippen LogP contribution is 2.23. The molecule has 0 N–H and O–H groups in total. The van der Waals surface area contributed by atoms with E-state index < -0.39 is 0 Å². The van der Waals surface area contributed by atoms with Crippen LogP contribution >= 0.6 is 11.6 Å². The molecule has 6 nitrogen and oxygen atoms in total. The Balaban J connectivity index is 1.57. The summed E-state index contributed by atoms with van der Waals surface area (Å²) in [6.07, 6.45) is 0. The van der Waals surface area contributed by atoms with Gasteiger partial charge in [0.25, 0.3) is 5.91 Å². The minimum Gasteiger partial charge on any atom is -0.482 e. The summed E-state index contributed by atoms with van der Waals surface area (Å²) in [6, 6.07) is 14.8. The van der Waals surface area contributed by atoms with E-state index in [2.05, 4.69) is 10.2 Å². The number of aromatic nitrogens is 2. The normalized spacial score (nSPS) is 10.6. The van der Waals surface area contributed by atoms with Crippen LogP contribution in [0.1, 0.15) is 11.5 Å². The van der Waals surface area contributed by atoms with Crippen LogP contribution in [0.3, 0.4) is 0 Å². The summed E-state index contributed by atoms with van der Waals surface area (Å²) in [5, 5.41) is 8.49. The Hall–Kier alpha value is -2.86. The van der Waals surface area contributed by atoms with Gasteiger partial charge in [0, 0.05) is 12.6 Å². The second kappa shape index (κ2) is 8.01. The number of nitrogens with zero attached hydrogens (tertiary/aromatic N) is 3. The van der Waals surface area contributed by atoms with Crippen LogP contribution in [-0.4, -0.2) is 34.7 Å². The second-order valence-electron chi connectivity index (χ2n) is 5.84. The van der Waals surface area contributed by atoms with E-state index in [0.717, 1.165) is 11.1 Å². The largest absolute Gasteiger partial charge is 0.482 e. The van der Waals surface area contributed by atoms with Gasteiger partial charge in [-0.2, -0.15) is 0 Å². The predicted molar refractivity (Wildman–Crippen MR) is 97.9 cm³/mol. The summed E-state index contributed by atoms with van der Waals surface area (Å²) in [5.74, 6) is 1.03. The number of likely N-dealkylation sites (N-methyl/N-ethyl adjacent to an activating group) is 1. The third-order valence-electron chi connectivity index (χ3n) is 3.75. The topological polar surface area (TPSA) is 68.5 Å². The van der Waals surface area contributed by atoms with Crippen LogP contribution in [0.15, 0.2) is 52.9 Å². The molecule has 0 aliphatic carbocycles. The molecule has 0 aliphatic rings. The van der Waals surface area contributed by atoms with Gasteiger partial charge in [-0.15, -0.1) is 10.2 Å². The van der Waals surface area contributed by atoms with E-state index >= 15 is 0 Å². The van der Waals surface area contributed by atoms with E-state index in [1.165, 1.54) is 4.90 Å². The predicted octanol–water partition coefficient (Wildman–Crippen LogP) is 3.74. The van der Waals surface area contributed by atoms with Crippen molar-refractivity contribution in [2.45, 2.75) is 13.5 Å². The molecule has 0 saturated heterocycles. The van der Waals surface area contributed by atoms with Gasteiger partial charge in [0.2, 0.25) is 11.8 Å². The van der Waals surface area contributed by atoms with E-state index in [0.29, 0.717) is 22.6 Å². The van der Waals surface area contributed by atoms with Crippen molar-refractivity contribution >= 4 is 17.5 Å². The fourth-order valence-electron chi connectivity index (χ4n) is 2.23. The Labute approximate surface area is 156 Å². The number of hydrogen-bond donors (Lipinski definition) is 0. The van der Waals surface area contributed by atoms with E-state index in [-0.39, 0.29) is 19.1 Å². The summed E-state index contributed by atoms with van der Waals surface area (Å²) < 4.78 is 11.1. The van der Waals surface area contributed by atoms with E-state index in [1.807, 2.05) is 31.2 Å². The number of benzene rings is 2. The van der Waals surface area contributed by atoms with Gasteiger partial charge in [-0.25, -0.2) is 0 Å². The number of halogens is 1. The van der Waals surface area contributed by atoms with Crippen molar-refractivity contribution in [1.82, 2.24) is 15.1 Å². The minimum absolute atomic E-state index is 0.126. The summed E-state index contributed by atoms with van der Waals surface area (Å²) in [4.78, 5) is 13.7. The maximum atomic E-state index is 12.2. The van der Waals surface area contributed by atoms with Gasteiger partial charge in [-0.1, -0.05) is 41.4 Å². The van der Waals surface area contributed by atoms with Gasteiger partial charge in [-0.3, -0.25) is 4.79 Å². The molecule has 7 heteroatoms. The molecule has 0 saturated carbocycles. The lowest BCUT2D eigenvalue weighted by Gasteiger charge is -2.15. The van der Waals surface area contributed by atoms with Crippen LogP contribution in [0.5, 0.6) is 5.75 Å². The molecule has 1 heterocycles. The molecule has 0 aliphatic heterocycles. The Bertz CT molecular complexity index is 893. The zero-order chi connectivity index (χ0) is 18.5. The molecule has 2 aromatic carbocycles. The van der Waals surface area contributed by atoms with E-state index in [9.17, 15) is 4.79 Å². The molecule has 134 valence electrons. The highest BCUT2D eigenvalue weighted by atomic mass is 35.5. The van der Waals surface area contributed by atoms with Crippen LogP contribution in [0.4, 0.5) is 0 Å². The number of para-hydroxylation sites is 1. The average molecular weight is 372 g/mol.